The van der Waals surface area contributed by atoms with Gasteiger partial charge in [0.05, 0.1) is 31.3 Å². The smallest absolute Gasteiger partial charge is 0.329 e. The van der Waals surface area contributed by atoms with Crippen molar-refractivity contribution in [2.45, 2.75) is 38.9 Å². The molecule has 1 aliphatic heterocycles. The lowest BCUT2D eigenvalue weighted by Crippen LogP contribution is -2.36. The number of benzene rings is 2. The zero-order valence-corrected chi connectivity index (χ0v) is 17.6. The SMILES string of the molecule is CCn1c(=O)n(CC(=O)N2CCCC2c2ccc(OC)cc2OC)c2ccccc21. The molecule has 1 aliphatic rings. The molecule has 3 aromatic rings. The maximum absolute atomic E-state index is 13.3. The monoisotopic (exact) mass is 409 g/mol. The fraction of sp³-hybridized carbons (Fsp3) is 0.391. The highest BCUT2D eigenvalue weighted by Gasteiger charge is 2.32. The summed E-state index contributed by atoms with van der Waals surface area (Å²) in [5.74, 6) is 1.36. The lowest BCUT2D eigenvalue weighted by atomic mass is 10.0. The number of fused-ring (bicyclic) bond motifs is 1. The summed E-state index contributed by atoms with van der Waals surface area (Å²) in [5, 5.41) is 0. The summed E-state index contributed by atoms with van der Waals surface area (Å²) in [6.07, 6.45) is 1.78. The summed E-state index contributed by atoms with van der Waals surface area (Å²) >= 11 is 0. The Hall–Kier alpha value is -3.22. The van der Waals surface area contributed by atoms with Crippen molar-refractivity contribution < 1.29 is 14.3 Å². The van der Waals surface area contributed by atoms with Crippen molar-refractivity contribution in [1.29, 1.82) is 0 Å². The van der Waals surface area contributed by atoms with Gasteiger partial charge in [-0.1, -0.05) is 12.1 Å². The van der Waals surface area contributed by atoms with Crippen LogP contribution in [-0.4, -0.2) is 40.7 Å². The highest BCUT2D eigenvalue weighted by Crippen LogP contribution is 2.38. The van der Waals surface area contributed by atoms with Gasteiger partial charge in [-0.05, 0) is 44.0 Å². The summed E-state index contributed by atoms with van der Waals surface area (Å²) in [6.45, 7) is 3.20. The number of amides is 1. The van der Waals surface area contributed by atoms with Crippen LogP contribution in [0, 0.1) is 0 Å². The molecule has 1 amide bonds. The van der Waals surface area contributed by atoms with E-state index in [0.717, 1.165) is 29.4 Å². The molecule has 0 bridgehead atoms. The number of hydrogen-bond donors (Lipinski definition) is 0. The van der Waals surface area contributed by atoms with Crippen molar-refractivity contribution in [3.8, 4) is 11.5 Å². The Balaban J connectivity index is 1.65. The molecule has 0 N–H and O–H groups in total. The molecular weight excluding hydrogens is 382 g/mol. The van der Waals surface area contributed by atoms with Crippen LogP contribution >= 0.6 is 0 Å². The zero-order valence-electron chi connectivity index (χ0n) is 17.6. The highest BCUT2D eigenvalue weighted by atomic mass is 16.5. The van der Waals surface area contributed by atoms with E-state index in [-0.39, 0.29) is 24.2 Å². The summed E-state index contributed by atoms with van der Waals surface area (Å²) < 4.78 is 14.1. The fourth-order valence-electron chi connectivity index (χ4n) is 4.44. The lowest BCUT2D eigenvalue weighted by Gasteiger charge is -2.26. The van der Waals surface area contributed by atoms with Crippen molar-refractivity contribution in [1.82, 2.24) is 14.0 Å². The van der Waals surface area contributed by atoms with Gasteiger partial charge in [0.25, 0.3) is 0 Å². The molecule has 1 atom stereocenters. The van der Waals surface area contributed by atoms with E-state index in [0.29, 0.717) is 24.6 Å². The van der Waals surface area contributed by atoms with Gasteiger partial charge in [-0.2, -0.15) is 0 Å². The van der Waals surface area contributed by atoms with Gasteiger partial charge in [-0.15, -0.1) is 0 Å². The average Bonchev–Trinajstić information content (AvgIpc) is 3.36. The molecule has 7 heteroatoms. The molecule has 2 heterocycles. The third-order valence-electron chi connectivity index (χ3n) is 5.91. The third-order valence-corrected chi connectivity index (χ3v) is 5.91. The van der Waals surface area contributed by atoms with Crippen molar-refractivity contribution in [2.24, 2.45) is 0 Å². The molecule has 2 aromatic carbocycles. The molecule has 7 nitrogen and oxygen atoms in total. The second kappa shape index (κ2) is 8.26. The summed E-state index contributed by atoms with van der Waals surface area (Å²) in [4.78, 5) is 28.1. The Bertz CT molecular complexity index is 1130. The molecular formula is C23H27N3O4. The van der Waals surface area contributed by atoms with Crippen LogP contribution in [0.2, 0.25) is 0 Å². The Kier molecular flexibility index (Phi) is 5.53. The van der Waals surface area contributed by atoms with Crippen LogP contribution in [-0.2, 0) is 17.9 Å². The minimum Gasteiger partial charge on any atom is -0.497 e. The number of aryl methyl sites for hydroxylation is 1. The largest absolute Gasteiger partial charge is 0.497 e. The van der Waals surface area contributed by atoms with Gasteiger partial charge in [0.1, 0.15) is 18.0 Å². The number of hydrogen-bond acceptors (Lipinski definition) is 4. The van der Waals surface area contributed by atoms with Gasteiger partial charge < -0.3 is 14.4 Å². The minimum atomic E-state index is -0.148. The van der Waals surface area contributed by atoms with E-state index in [1.54, 1.807) is 23.4 Å². The maximum atomic E-state index is 13.3. The average molecular weight is 409 g/mol. The van der Waals surface area contributed by atoms with Crippen LogP contribution in [0.5, 0.6) is 11.5 Å². The number of carbonyl (C=O) groups is 1. The normalized spacial score (nSPS) is 16.2. The van der Waals surface area contributed by atoms with Gasteiger partial charge in [0.2, 0.25) is 5.91 Å². The van der Waals surface area contributed by atoms with Crippen molar-refractivity contribution in [3.63, 3.8) is 0 Å². The van der Waals surface area contributed by atoms with E-state index in [9.17, 15) is 9.59 Å². The number of nitrogens with zero attached hydrogens (tertiary/aromatic N) is 3. The number of rotatable bonds is 6. The molecule has 30 heavy (non-hydrogen) atoms. The number of ether oxygens (including phenoxy) is 2. The van der Waals surface area contributed by atoms with Crippen molar-refractivity contribution >= 4 is 16.9 Å². The molecule has 1 unspecified atom stereocenters. The Morgan fingerprint density at radius 1 is 1.07 bits per heavy atom. The number of carbonyl (C=O) groups excluding carboxylic acids is 1. The molecule has 158 valence electrons. The molecule has 0 aliphatic carbocycles. The van der Waals surface area contributed by atoms with Gasteiger partial charge in [0, 0.05) is 24.7 Å². The standard InChI is InChI=1S/C23H27N3O4/c1-4-24-19-8-5-6-9-20(19)26(23(24)28)15-22(27)25-13-7-10-18(25)17-12-11-16(29-2)14-21(17)30-3/h5-6,8-9,11-12,14,18H,4,7,10,13,15H2,1-3H3. The summed E-state index contributed by atoms with van der Waals surface area (Å²) in [6, 6.07) is 13.2. The van der Waals surface area contributed by atoms with Gasteiger partial charge in [-0.3, -0.25) is 13.9 Å². The Morgan fingerprint density at radius 3 is 2.47 bits per heavy atom. The number of likely N-dealkylation sites (tertiary alicyclic amines) is 1. The van der Waals surface area contributed by atoms with Crippen molar-refractivity contribution in [3.05, 3.63) is 58.5 Å². The van der Waals surface area contributed by atoms with E-state index in [2.05, 4.69) is 0 Å². The van der Waals surface area contributed by atoms with Gasteiger partial charge in [0.15, 0.2) is 0 Å². The van der Waals surface area contributed by atoms with E-state index in [4.69, 9.17) is 9.47 Å². The van der Waals surface area contributed by atoms with Gasteiger partial charge >= 0.3 is 5.69 Å². The quantitative estimate of drug-likeness (QED) is 0.627. The molecule has 0 radical (unpaired) electrons. The third kappa shape index (κ3) is 3.34. The molecule has 0 saturated carbocycles. The predicted octanol–water partition coefficient (Wildman–Crippen LogP) is 3.20. The first-order valence-corrected chi connectivity index (χ1v) is 10.3. The van der Waals surface area contributed by atoms with E-state index in [1.807, 2.05) is 54.3 Å². The van der Waals surface area contributed by atoms with Crippen LogP contribution in [0.4, 0.5) is 0 Å². The summed E-state index contributed by atoms with van der Waals surface area (Å²) in [5.41, 5.74) is 2.46. The van der Waals surface area contributed by atoms with Crippen LogP contribution in [0.1, 0.15) is 31.4 Å². The first-order chi connectivity index (χ1) is 14.6. The van der Waals surface area contributed by atoms with Crippen LogP contribution in [0.15, 0.2) is 47.3 Å². The zero-order chi connectivity index (χ0) is 21.3. The molecule has 1 aromatic heterocycles. The number of methoxy groups -OCH3 is 2. The second-order valence-electron chi connectivity index (χ2n) is 7.45. The maximum Gasteiger partial charge on any atom is 0.329 e. The second-order valence-corrected chi connectivity index (χ2v) is 7.45. The van der Waals surface area contributed by atoms with Crippen LogP contribution in [0.25, 0.3) is 11.0 Å². The predicted molar refractivity (Wildman–Crippen MR) is 115 cm³/mol. The Labute approximate surface area is 175 Å². The van der Waals surface area contributed by atoms with Crippen molar-refractivity contribution in [2.75, 3.05) is 20.8 Å². The lowest BCUT2D eigenvalue weighted by molar-refractivity contribution is -0.132. The molecule has 0 spiro atoms. The van der Waals surface area contributed by atoms with Crippen LogP contribution in [0.3, 0.4) is 0 Å². The topological polar surface area (TPSA) is 65.7 Å². The fourth-order valence-corrected chi connectivity index (χ4v) is 4.44. The molecule has 4 rings (SSSR count). The first-order valence-electron chi connectivity index (χ1n) is 10.3. The van der Waals surface area contributed by atoms with E-state index < -0.39 is 0 Å². The number of para-hydroxylation sites is 2. The summed E-state index contributed by atoms with van der Waals surface area (Å²) in [7, 11) is 3.24. The molecule has 1 saturated heterocycles. The van der Waals surface area contributed by atoms with Crippen LogP contribution < -0.4 is 15.2 Å². The van der Waals surface area contributed by atoms with E-state index in [1.165, 1.54) is 0 Å². The van der Waals surface area contributed by atoms with Gasteiger partial charge in [-0.25, -0.2) is 4.79 Å². The molecule has 1 fully saturated rings. The highest BCUT2D eigenvalue weighted by molar-refractivity contribution is 5.81. The Morgan fingerprint density at radius 2 is 1.80 bits per heavy atom. The van der Waals surface area contributed by atoms with E-state index >= 15 is 0 Å². The minimum absolute atomic E-state index is 0.0291. The number of aromatic nitrogens is 2. The first kappa shape index (κ1) is 20.1. The number of imidazole rings is 1.